The molecular weight excluding hydrogens is 350 g/mol. The third-order valence-electron chi connectivity index (χ3n) is 5.75. The molecule has 6 nitrogen and oxygen atoms in total. The van der Waals surface area contributed by atoms with E-state index in [1.165, 1.54) is 38.5 Å². The van der Waals surface area contributed by atoms with E-state index in [1.807, 2.05) is 41.6 Å². The van der Waals surface area contributed by atoms with E-state index in [2.05, 4.69) is 20.2 Å². The van der Waals surface area contributed by atoms with Crippen LogP contribution in [0.4, 0.5) is 11.5 Å². The second kappa shape index (κ2) is 9.04. The van der Waals surface area contributed by atoms with E-state index in [0.29, 0.717) is 24.7 Å². The standard InChI is InChI=1S/C22H29N5O/c28-22(27-13-11-26(12-14-27)21-9-5-6-10-24-21)18-15-20(17-23-16-18)25-19-7-3-1-2-4-8-19/h5-6,9-10,15-17,19,25H,1-4,7-8,11-14H2. The first-order chi connectivity index (χ1) is 13.8. The van der Waals surface area contributed by atoms with Crippen LogP contribution in [0.5, 0.6) is 0 Å². The average Bonchev–Trinajstić information content (AvgIpc) is 3.03. The zero-order valence-corrected chi connectivity index (χ0v) is 16.4. The highest BCUT2D eigenvalue weighted by Gasteiger charge is 2.23. The number of hydrogen-bond donors (Lipinski definition) is 1. The predicted molar refractivity (Wildman–Crippen MR) is 112 cm³/mol. The summed E-state index contributed by atoms with van der Waals surface area (Å²) in [6.07, 6.45) is 13.0. The molecule has 28 heavy (non-hydrogen) atoms. The van der Waals surface area contributed by atoms with Crippen LogP contribution in [0.15, 0.2) is 42.9 Å². The SMILES string of the molecule is O=C(c1cncc(NC2CCCCCC2)c1)N1CCN(c2ccccn2)CC1. The highest BCUT2D eigenvalue weighted by molar-refractivity contribution is 5.95. The fourth-order valence-electron chi connectivity index (χ4n) is 4.16. The van der Waals surface area contributed by atoms with Gasteiger partial charge in [-0.25, -0.2) is 4.98 Å². The van der Waals surface area contributed by atoms with Gasteiger partial charge in [-0.1, -0.05) is 31.7 Å². The first kappa shape index (κ1) is 18.7. The van der Waals surface area contributed by atoms with E-state index >= 15 is 0 Å². The number of pyridine rings is 2. The largest absolute Gasteiger partial charge is 0.381 e. The maximum Gasteiger partial charge on any atom is 0.255 e. The molecule has 1 N–H and O–H groups in total. The third-order valence-corrected chi connectivity index (χ3v) is 5.75. The van der Waals surface area contributed by atoms with E-state index in [4.69, 9.17) is 0 Å². The zero-order valence-electron chi connectivity index (χ0n) is 16.4. The van der Waals surface area contributed by atoms with Crippen LogP contribution in [0.25, 0.3) is 0 Å². The van der Waals surface area contributed by atoms with Crippen LogP contribution in [0.2, 0.25) is 0 Å². The van der Waals surface area contributed by atoms with Crippen LogP contribution in [0, 0.1) is 0 Å². The lowest BCUT2D eigenvalue weighted by Crippen LogP contribution is -2.49. The summed E-state index contributed by atoms with van der Waals surface area (Å²) in [5, 5.41) is 3.60. The highest BCUT2D eigenvalue weighted by atomic mass is 16.2. The monoisotopic (exact) mass is 379 g/mol. The van der Waals surface area contributed by atoms with Crippen LogP contribution >= 0.6 is 0 Å². The van der Waals surface area contributed by atoms with Gasteiger partial charge in [0.2, 0.25) is 0 Å². The predicted octanol–water partition coefficient (Wildman–Crippen LogP) is 3.57. The molecule has 3 heterocycles. The maximum atomic E-state index is 13.0. The van der Waals surface area contributed by atoms with Gasteiger partial charge in [-0.2, -0.15) is 0 Å². The van der Waals surface area contributed by atoms with E-state index in [1.54, 1.807) is 6.20 Å². The van der Waals surface area contributed by atoms with Crippen LogP contribution < -0.4 is 10.2 Å². The minimum Gasteiger partial charge on any atom is -0.381 e. The summed E-state index contributed by atoms with van der Waals surface area (Å²) in [7, 11) is 0. The normalized spacial score (nSPS) is 18.6. The van der Waals surface area contributed by atoms with Gasteiger partial charge in [-0.3, -0.25) is 9.78 Å². The van der Waals surface area contributed by atoms with Crippen molar-refractivity contribution >= 4 is 17.4 Å². The summed E-state index contributed by atoms with van der Waals surface area (Å²) in [5.74, 6) is 1.04. The lowest BCUT2D eigenvalue weighted by atomic mass is 10.1. The van der Waals surface area contributed by atoms with E-state index in [0.717, 1.165) is 24.6 Å². The minimum atomic E-state index is 0.0673. The van der Waals surface area contributed by atoms with Gasteiger partial charge in [0.1, 0.15) is 5.82 Å². The van der Waals surface area contributed by atoms with Crippen molar-refractivity contribution < 1.29 is 4.79 Å². The molecule has 2 aliphatic rings. The Morgan fingerprint density at radius 1 is 1.00 bits per heavy atom. The molecular formula is C22H29N5O. The molecule has 0 unspecified atom stereocenters. The van der Waals surface area contributed by atoms with Gasteiger partial charge >= 0.3 is 0 Å². The quantitative estimate of drug-likeness (QED) is 0.823. The Balaban J connectivity index is 1.36. The summed E-state index contributed by atoms with van der Waals surface area (Å²) >= 11 is 0. The lowest BCUT2D eigenvalue weighted by Gasteiger charge is -2.35. The highest BCUT2D eigenvalue weighted by Crippen LogP contribution is 2.22. The molecule has 1 saturated heterocycles. The first-order valence-corrected chi connectivity index (χ1v) is 10.5. The molecule has 0 bridgehead atoms. The molecule has 2 aromatic heterocycles. The molecule has 6 heteroatoms. The van der Waals surface area contributed by atoms with Gasteiger partial charge in [0, 0.05) is 50.8 Å². The van der Waals surface area contributed by atoms with Crippen molar-refractivity contribution in [1.82, 2.24) is 14.9 Å². The first-order valence-electron chi connectivity index (χ1n) is 10.5. The summed E-state index contributed by atoms with van der Waals surface area (Å²) < 4.78 is 0. The molecule has 0 spiro atoms. The Labute approximate surface area is 167 Å². The van der Waals surface area contributed by atoms with Gasteiger partial charge in [-0.05, 0) is 31.0 Å². The Bertz CT molecular complexity index is 766. The number of anilines is 2. The lowest BCUT2D eigenvalue weighted by molar-refractivity contribution is 0.0746. The number of rotatable bonds is 4. The molecule has 2 fully saturated rings. The van der Waals surface area contributed by atoms with Crippen molar-refractivity contribution in [2.45, 2.75) is 44.6 Å². The zero-order chi connectivity index (χ0) is 19.2. The Hall–Kier alpha value is -2.63. The number of carbonyl (C=O) groups is 1. The number of piperazine rings is 1. The van der Waals surface area contributed by atoms with Gasteiger partial charge in [0.15, 0.2) is 0 Å². The van der Waals surface area contributed by atoms with Crippen molar-refractivity contribution in [3.63, 3.8) is 0 Å². The number of nitrogens with zero attached hydrogens (tertiary/aromatic N) is 4. The number of hydrogen-bond acceptors (Lipinski definition) is 5. The second-order valence-corrected chi connectivity index (χ2v) is 7.76. The maximum absolute atomic E-state index is 13.0. The second-order valence-electron chi connectivity index (χ2n) is 7.76. The topological polar surface area (TPSA) is 61.4 Å². The fraction of sp³-hybridized carbons (Fsp3) is 0.500. The Morgan fingerprint density at radius 3 is 2.50 bits per heavy atom. The average molecular weight is 380 g/mol. The van der Waals surface area contributed by atoms with Gasteiger partial charge in [0.25, 0.3) is 5.91 Å². The Morgan fingerprint density at radius 2 is 1.79 bits per heavy atom. The number of carbonyl (C=O) groups excluding carboxylic acids is 1. The molecule has 1 aliphatic heterocycles. The summed E-state index contributed by atoms with van der Waals surface area (Å²) in [6, 6.07) is 8.40. The molecule has 148 valence electrons. The molecule has 0 atom stereocenters. The van der Waals surface area contributed by atoms with Crippen LogP contribution in [-0.4, -0.2) is 53.0 Å². The van der Waals surface area contributed by atoms with Crippen molar-refractivity contribution in [2.75, 3.05) is 36.4 Å². The summed E-state index contributed by atoms with van der Waals surface area (Å²) in [4.78, 5) is 25.8. The Kier molecular flexibility index (Phi) is 6.04. The van der Waals surface area contributed by atoms with Crippen molar-refractivity contribution in [1.29, 1.82) is 0 Å². The molecule has 2 aromatic rings. The molecule has 4 rings (SSSR count). The van der Waals surface area contributed by atoms with Crippen LogP contribution in [-0.2, 0) is 0 Å². The fourth-order valence-corrected chi connectivity index (χ4v) is 4.16. The summed E-state index contributed by atoms with van der Waals surface area (Å²) in [6.45, 7) is 3.01. The van der Waals surface area contributed by atoms with Gasteiger partial charge < -0.3 is 15.1 Å². The van der Waals surface area contributed by atoms with E-state index in [9.17, 15) is 4.79 Å². The molecule has 0 radical (unpaired) electrons. The van der Waals surface area contributed by atoms with Gasteiger partial charge in [0.05, 0.1) is 11.3 Å². The van der Waals surface area contributed by atoms with E-state index in [-0.39, 0.29) is 5.91 Å². The third kappa shape index (κ3) is 4.61. The number of nitrogens with one attached hydrogen (secondary N) is 1. The molecule has 1 amide bonds. The molecule has 0 aromatic carbocycles. The van der Waals surface area contributed by atoms with Gasteiger partial charge in [-0.15, -0.1) is 0 Å². The van der Waals surface area contributed by atoms with Crippen LogP contribution in [0.1, 0.15) is 48.9 Å². The minimum absolute atomic E-state index is 0.0673. The molecule has 1 aliphatic carbocycles. The number of amides is 1. The van der Waals surface area contributed by atoms with Crippen molar-refractivity contribution in [3.05, 3.63) is 48.4 Å². The van der Waals surface area contributed by atoms with Crippen LogP contribution in [0.3, 0.4) is 0 Å². The van der Waals surface area contributed by atoms with Crippen molar-refractivity contribution in [2.24, 2.45) is 0 Å². The van der Waals surface area contributed by atoms with Crippen molar-refractivity contribution in [3.8, 4) is 0 Å². The smallest absolute Gasteiger partial charge is 0.255 e. The van der Waals surface area contributed by atoms with E-state index < -0.39 is 0 Å². The number of aromatic nitrogens is 2. The molecule has 1 saturated carbocycles. The summed E-state index contributed by atoms with van der Waals surface area (Å²) in [5.41, 5.74) is 1.63.